The number of anilines is 2. The van der Waals surface area contributed by atoms with Gasteiger partial charge in [0.15, 0.2) is 0 Å². The Morgan fingerprint density at radius 1 is 1.59 bits per heavy atom. The highest BCUT2D eigenvalue weighted by Crippen LogP contribution is 2.27. The summed E-state index contributed by atoms with van der Waals surface area (Å²) in [4.78, 5) is 12.0. The van der Waals surface area contributed by atoms with Gasteiger partial charge in [0.25, 0.3) is 0 Å². The summed E-state index contributed by atoms with van der Waals surface area (Å²) in [5, 5.41) is 2.88. The highest BCUT2D eigenvalue weighted by atomic mass is 79.9. The zero-order valence-corrected chi connectivity index (χ0v) is 11.2. The molecule has 17 heavy (non-hydrogen) atoms. The minimum absolute atomic E-state index is 0.0127. The van der Waals surface area contributed by atoms with Crippen LogP contribution in [0.2, 0.25) is 0 Å². The van der Waals surface area contributed by atoms with E-state index in [1.54, 1.807) is 12.1 Å². The van der Waals surface area contributed by atoms with Crippen LogP contribution in [0.15, 0.2) is 22.7 Å². The normalized spacial score (nSPS) is 23.6. The van der Waals surface area contributed by atoms with E-state index in [1.165, 1.54) is 0 Å². The Bertz CT molecular complexity index is 437. The zero-order valence-electron chi connectivity index (χ0n) is 9.57. The molecule has 0 bridgehead atoms. The van der Waals surface area contributed by atoms with Crippen LogP contribution in [-0.2, 0) is 9.53 Å². The quantitative estimate of drug-likeness (QED) is 0.824. The molecule has 1 aromatic rings. The molecule has 0 aromatic heterocycles. The first-order chi connectivity index (χ1) is 8.08. The van der Waals surface area contributed by atoms with Crippen molar-refractivity contribution in [1.82, 2.24) is 0 Å². The van der Waals surface area contributed by atoms with E-state index in [4.69, 9.17) is 10.5 Å². The molecule has 1 saturated heterocycles. The number of benzene rings is 1. The summed E-state index contributed by atoms with van der Waals surface area (Å²) >= 11 is 3.38. The maximum absolute atomic E-state index is 12.0. The minimum Gasteiger partial charge on any atom is -0.399 e. The van der Waals surface area contributed by atoms with Crippen LogP contribution in [-0.4, -0.2) is 18.6 Å². The predicted octanol–water partition coefficient (Wildman–Crippen LogP) is 2.39. The molecular weight excluding hydrogens is 284 g/mol. The predicted molar refractivity (Wildman–Crippen MR) is 70.7 cm³/mol. The fraction of sp³-hybridized carbons (Fsp3) is 0.417. The van der Waals surface area contributed by atoms with Crippen molar-refractivity contribution < 1.29 is 9.53 Å². The number of hydrogen-bond donors (Lipinski definition) is 2. The summed E-state index contributed by atoms with van der Waals surface area (Å²) in [6, 6.07) is 5.34. The topological polar surface area (TPSA) is 64.3 Å². The lowest BCUT2D eigenvalue weighted by atomic mass is 10.0. The number of rotatable bonds is 2. The largest absolute Gasteiger partial charge is 0.399 e. The molecule has 2 rings (SSSR count). The third kappa shape index (κ3) is 2.79. The van der Waals surface area contributed by atoms with Crippen molar-refractivity contribution >= 4 is 33.2 Å². The smallest absolute Gasteiger partial charge is 0.230 e. The van der Waals surface area contributed by atoms with Gasteiger partial charge in [-0.2, -0.15) is 0 Å². The summed E-state index contributed by atoms with van der Waals surface area (Å²) in [7, 11) is 0. The molecule has 1 fully saturated rings. The summed E-state index contributed by atoms with van der Waals surface area (Å²) in [6.07, 6.45) is 0.752. The van der Waals surface area contributed by atoms with Gasteiger partial charge in [-0.3, -0.25) is 4.79 Å². The first kappa shape index (κ1) is 12.4. The van der Waals surface area contributed by atoms with Crippen LogP contribution >= 0.6 is 15.9 Å². The number of ether oxygens (including phenoxy) is 1. The Morgan fingerprint density at radius 2 is 2.35 bits per heavy atom. The van der Waals surface area contributed by atoms with E-state index >= 15 is 0 Å². The van der Waals surface area contributed by atoms with Crippen LogP contribution in [0.1, 0.15) is 13.3 Å². The molecule has 2 unspecified atom stereocenters. The van der Waals surface area contributed by atoms with E-state index in [2.05, 4.69) is 21.2 Å². The average Bonchev–Trinajstić information content (AvgIpc) is 2.70. The lowest BCUT2D eigenvalue weighted by molar-refractivity contribution is -0.121. The van der Waals surface area contributed by atoms with Gasteiger partial charge in [-0.05, 0) is 47.5 Å². The van der Waals surface area contributed by atoms with Gasteiger partial charge in [0.1, 0.15) is 0 Å². The number of nitrogen functional groups attached to an aromatic ring is 1. The van der Waals surface area contributed by atoms with Gasteiger partial charge in [0, 0.05) is 16.8 Å². The molecule has 1 heterocycles. The van der Waals surface area contributed by atoms with E-state index in [9.17, 15) is 4.79 Å². The molecule has 2 atom stereocenters. The summed E-state index contributed by atoms with van der Waals surface area (Å²) in [5.41, 5.74) is 7.01. The van der Waals surface area contributed by atoms with Gasteiger partial charge in [-0.15, -0.1) is 0 Å². The second-order valence-electron chi connectivity index (χ2n) is 4.20. The number of hydrogen-bond acceptors (Lipinski definition) is 3. The Labute approximate surface area is 109 Å². The molecule has 1 amide bonds. The molecule has 0 aliphatic carbocycles. The van der Waals surface area contributed by atoms with E-state index in [1.807, 2.05) is 13.0 Å². The van der Waals surface area contributed by atoms with Gasteiger partial charge < -0.3 is 15.8 Å². The maximum atomic E-state index is 12.0. The third-order valence-electron chi connectivity index (χ3n) is 2.96. The van der Waals surface area contributed by atoms with Crippen molar-refractivity contribution in [3.05, 3.63) is 22.7 Å². The number of carbonyl (C=O) groups excluding carboxylic acids is 1. The monoisotopic (exact) mass is 298 g/mol. The summed E-state index contributed by atoms with van der Waals surface area (Å²) < 4.78 is 6.21. The van der Waals surface area contributed by atoms with Crippen LogP contribution in [0.4, 0.5) is 11.4 Å². The van der Waals surface area contributed by atoms with E-state index in [0.717, 1.165) is 10.9 Å². The van der Waals surface area contributed by atoms with Gasteiger partial charge in [0.05, 0.1) is 17.7 Å². The Balaban J connectivity index is 2.10. The van der Waals surface area contributed by atoms with Crippen molar-refractivity contribution in [1.29, 1.82) is 0 Å². The zero-order chi connectivity index (χ0) is 12.4. The second-order valence-corrected chi connectivity index (χ2v) is 5.05. The van der Waals surface area contributed by atoms with E-state index < -0.39 is 0 Å². The first-order valence-electron chi connectivity index (χ1n) is 5.55. The summed E-state index contributed by atoms with van der Waals surface area (Å²) in [5.74, 6) is -0.0929. The molecule has 1 aliphatic rings. The molecule has 3 N–H and O–H groups in total. The molecule has 5 heteroatoms. The average molecular weight is 299 g/mol. The number of carbonyl (C=O) groups is 1. The molecule has 1 aromatic carbocycles. The van der Waals surface area contributed by atoms with Crippen molar-refractivity contribution in [2.24, 2.45) is 5.92 Å². The first-order valence-corrected chi connectivity index (χ1v) is 6.34. The number of halogens is 1. The van der Waals surface area contributed by atoms with Gasteiger partial charge in [-0.25, -0.2) is 0 Å². The van der Waals surface area contributed by atoms with Gasteiger partial charge in [-0.1, -0.05) is 0 Å². The number of amides is 1. The SMILES string of the molecule is CC1OCCC1C(=O)Nc1cc(N)ccc1Br. The van der Waals surface area contributed by atoms with Crippen LogP contribution in [0.25, 0.3) is 0 Å². The van der Waals surface area contributed by atoms with Crippen molar-refractivity contribution in [3.8, 4) is 0 Å². The lowest BCUT2D eigenvalue weighted by Crippen LogP contribution is -2.27. The maximum Gasteiger partial charge on any atom is 0.230 e. The number of nitrogens with one attached hydrogen (secondary N) is 1. The van der Waals surface area contributed by atoms with E-state index in [-0.39, 0.29) is 17.9 Å². The van der Waals surface area contributed by atoms with Crippen LogP contribution < -0.4 is 11.1 Å². The van der Waals surface area contributed by atoms with Crippen LogP contribution in [0.3, 0.4) is 0 Å². The molecule has 1 aliphatic heterocycles. The molecule has 0 saturated carbocycles. The van der Waals surface area contributed by atoms with E-state index in [0.29, 0.717) is 18.0 Å². The van der Waals surface area contributed by atoms with Crippen LogP contribution in [0.5, 0.6) is 0 Å². The fourth-order valence-electron chi connectivity index (χ4n) is 1.94. The molecular formula is C12H15BrN2O2. The Hall–Kier alpha value is -1.07. The van der Waals surface area contributed by atoms with Crippen molar-refractivity contribution in [2.45, 2.75) is 19.4 Å². The molecule has 0 spiro atoms. The van der Waals surface area contributed by atoms with Crippen molar-refractivity contribution in [2.75, 3.05) is 17.7 Å². The highest BCUT2D eigenvalue weighted by molar-refractivity contribution is 9.10. The second kappa shape index (κ2) is 5.06. The van der Waals surface area contributed by atoms with Crippen molar-refractivity contribution in [3.63, 3.8) is 0 Å². The third-order valence-corrected chi connectivity index (χ3v) is 3.65. The van der Waals surface area contributed by atoms with Gasteiger partial charge in [0.2, 0.25) is 5.91 Å². The molecule has 92 valence electrons. The number of nitrogens with two attached hydrogens (primary N) is 1. The van der Waals surface area contributed by atoms with Crippen LogP contribution in [0, 0.1) is 5.92 Å². The minimum atomic E-state index is -0.0802. The standard InChI is InChI=1S/C12H15BrN2O2/c1-7-9(4-5-17-7)12(16)15-11-6-8(14)2-3-10(11)13/h2-3,6-7,9H,4-5,14H2,1H3,(H,15,16). The molecule has 0 radical (unpaired) electrons. The van der Waals surface area contributed by atoms with Gasteiger partial charge >= 0.3 is 0 Å². The highest BCUT2D eigenvalue weighted by Gasteiger charge is 2.30. The Kier molecular flexibility index (Phi) is 3.69. The summed E-state index contributed by atoms with van der Waals surface area (Å²) in [6.45, 7) is 2.57. The molecule has 4 nitrogen and oxygen atoms in total. The Morgan fingerprint density at radius 3 is 3.00 bits per heavy atom. The fourth-order valence-corrected chi connectivity index (χ4v) is 2.29. The lowest BCUT2D eigenvalue weighted by Gasteiger charge is -2.15.